The molecule has 1 aliphatic heterocycles. The van der Waals surface area contributed by atoms with E-state index in [2.05, 4.69) is 68.2 Å². The molecule has 142 valence electrons. The van der Waals surface area contributed by atoms with Crippen LogP contribution in [-0.4, -0.2) is 49.1 Å². The van der Waals surface area contributed by atoms with Gasteiger partial charge in [0.05, 0.1) is 12.7 Å². The summed E-state index contributed by atoms with van der Waals surface area (Å²) < 4.78 is 7.20. The van der Waals surface area contributed by atoms with Gasteiger partial charge >= 0.3 is 0 Å². The monoisotopic (exact) mass is 427 g/mol. The van der Waals surface area contributed by atoms with Gasteiger partial charge in [-0.1, -0.05) is 46.3 Å². The number of benzene rings is 2. The molecule has 1 aliphatic rings. The number of hydrogen-bond acceptors (Lipinski definition) is 4. The van der Waals surface area contributed by atoms with Gasteiger partial charge in [0.2, 0.25) is 0 Å². The minimum Gasteiger partial charge on any atom is -0.493 e. The lowest BCUT2D eigenvalue weighted by molar-refractivity contribution is 0.128. The van der Waals surface area contributed by atoms with Crippen LogP contribution in [0.2, 0.25) is 0 Å². The Hall–Kier alpha value is -1.87. The Bertz CT molecular complexity index is 752. The molecule has 1 fully saturated rings. The van der Waals surface area contributed by atoms with E-state index in [-0.39, 0.29) is 0 Å². The van der Waals surface area contributed by atoms with Gasteiger partial charge in [-0.15, -0.1) is 0 Å². The molecule has 1 saturated heterocycles. The van der Waals surface area contributed by atoms with E-state index in [4.69, 9.17) is 10.00 Å². The van der Waals surface area contributed by atoms with Crippen LogP contribution in [0.4, 0.5) is 0 Å². The Morgan fingerprint density at radius 1 is 1.00 bits per heavy atom. The highest BCUT2D eigenvalue weighted by atomic mass is 79.9. The fourth-order valence-electron chi connectivity index (χ4n) is 3.36. The van der Waals surface area contributed by atoms with E-state index in [1.807, 2.05) is 12.1 Å². The summed E-state index contributed by atoms with van der Waals surface area (Å²) in [5.74, 6) is 0.973. The minimum absolute atomic E-state index is 0.616. The molecule has 2 aromatic rings. The summed E-state index contributed by atoms with van der Waals surface area (Å²) in [5.41, 5.74) is 2.52. The van der Waals surface area contributed by atoms with Gasteiger partial charge in [-0.3, -0.25) is 9.80 Å². The van der Waals surface area contributed by atoms with E-state index in [0.717, 1.165) is 55.9 Å². The van der Waals surface area contributed by atoms with Crippen LogP contribution in [0.25, 0.3) is 0 Å². The van der Waals surface area contributed by atoms with Crippen molar-refractivity contribution in [3.63, 3.8) is 0 Å². The maximum absolute atomic E-state index is 8.74. The second-order valence-electron chi connectivity index (χ2n) is 6.86. The van der Waals surface area contributed by atoms with Gasteiger partial charge in [-0.2, -0.15) is 5.26 Å². The zero-order chi connectivity index (χ0) is 18.9. The van der Waals surface area contributed by atoms with Crippen molar-refractivity contribution >= 4 is 15.9 Å². The average molecular weight is 428 g/mol. The van der Waals surface area contributed by atoms with Crippen LogP contribution in [0, 0.1) is 11.3 Å². The van der Waals surface area contributed by atoms with Gasteiger partial charge in [0, 0.05) is 62.1 Å². The molecule has 0 aliphatic carbocycles. The molecule has 2 aromatic carbocycles. The van der Waals surface area contributed by atoms with Crippen LogP contribution < -0.4 is 4.74 Å². The molecule has 0 aromatic heterocycles. The third-order valence-electron chi connectivity index (χ3n) is 4.91. The average Bonchev–Trinajstić information content (AvgIpc) is 2.70. The number of hydrogen-bond donors (Lipinski definition) is 0. The van der Waals surface area contributed by atoms with Crippen LogP contribution in [-0.2, 0) is 13.0 Å². The lowest BCUT2D eigenvalue weighted by atomic mass is 10.1. The Morgan fingerprint density at radius 3 is 2.48 bits per heavy atom. The number of nitriles is 1. The van der Waals surface area contributed by atoms with Crippen molar-refractivity contribution in [2.75, 3.05) is 39.3 Å². The molecule has 27 heavy (non-hydrogen) atoms. The van der Waals surface area contributed by atoms with Crippen molar-refractivity contribution in [1.82, 2.24) is 9.80 Å². The highest BCUT2D eigenvalue weighted by molar-refractivity contribution is 9.10. The van der Waals surface area contributed by atoms with Crippen molar-refractivity contribution in [3.05, 3.63) is 64.1 Å². The first kappa shape index (κ1) is 19.9. The van der Waals surface area contributed by atoms with Crippen LogP contribution in [0.5, 0.6) is 5.75 Å². The number of ether oxygens (including phenoxy) is 1. The summed E-state index contributed by atoms with van der Waals surface area (Å²) in [5, 5.41) is 8.74. The minimum atomic E-state index is 0.616. The first-order valence-corrected chi connectivity index (χ1v) is 10.3. The van der Waals surface area contributed by atoms with Crippen LogP contribution in [0.15, 0.2) is 53.0 Å². The second kappa shape index (κ2) is 10.5. The highest BCUT2D eigenvalue weighted by Gasteiger charge is 2.18. The van der Waals surface area contributed by atoms with E-state index in [1.54, 1.807) is 0 Å². The smallest absolute Gasteiger partial charge is 0.123 e. The van der Waals surface area contributed by atoms with Crippen molar-refractivity contribution in [1.29, 1.82) is 5.26 Å². The molecule has 0 saturated carbocycles. The third kappa shape index (κ3) is 6.35. The largest absolute Gasteiger partial charge is 0.493 e. The van der Waals surface area contributed by atoms with Gasteiger partial charge in [0.25, 0.3) is 0 Å². The first-order valence-electron chi connectivity index (χ1n) is 9.51. The normalized spacial score (nSPS) is 15.4. The Kier molecular flexibility index (Phi) is 7.70. The fourth-order valence-corrected chi connectivity index (χ4v) is 3.76. The van der Waals surface area contributed by atoms with E-state index in [9.17, 15) is 0 Å². The zero-order valence-corrected chi connectivity index (χ0v) is 17.2. The molecule has 0 atom stereocenters. The summed E-state index contributed by atoms with van der Waals surface area (Å²) >= 11 is 3.59. The van der Waals surface area contributed by atoms with Crippen LogP contribution in [0.1, 0.15) is 17.5 Å². The highest BCUT2D eigenvalue weighted by Crippen LogP contribution is 2.25. The molecule has 0 bridgehead atoms. The maximum atomic E-state index is 8.74. The topological polar surface area (TPSA) is 39.5 Å². The molecular formula is C22H26BrN3O. The number of nitrogens with zero attached hydrogens (tertiary/aromatic N) is 3. The molecule has 0 amide bonds. The van der Waals surface area contributed by atoms with Gasteiger partial charge in [0.1, 0.15) is 5.75 Å². The molecule has 0 spiro atoms. The Morgan fingerprint density at radius 2 is 1.74 bits per heavy atom. The first-order chi connectivity index (χ1) is 13.2. The molecule has 5 heteroatoms. The summed E-state index contributed by atoms with van der Waals surface area (Å²) in [6.07, 6.45) is 1.53. The maximum Gasteiger partial charge on any atom is 0.123 e. The Labute approximate surface area is 170 Å². The van der Waals surface area contributed by atoms with E-state index >= 15 is 0 Å². The molecule has 0 radical (unpaired) electrons. The van der Waals surface area contributed by atoms with Crippen LogP contribution in [0.3, 0.4) is 0 Å². The van der Waals surface area contributed by atoms with E-state index < -0.39 is 0 Å². The molecule has 0 unspecified atom stereocenters. The summed E-state index contributed by atoms with van der Waals surface area (Å²) in [6, 6.07) is 19.0. The van der Waals surface area contributed by atoms with Gasteiger partial charge in [0.15, 0.2) is 0 Å². The lowest BCUT2D eigenvalue weighted by Crippen LogP contribution is -2.46. The lowest BCUT2D eigenvalue weighted by Gasteiger charge is -2.34. The Balaban J connectivity index is 1.54. The van der Waals surface area contributed by atoms with Crippen molar-refractivity contribution in [2.24, 2.45) is 0 Å². The van der Waals surface area contributed by atoms with E-state index in [1.165, 1.54) is 11.1 Å². The van der Waals surface area contributed by atoms with E-state index in [0.29, 0.717) is 13.0 Å². The fraction of sp³-hybridized carbons (Fsp3) is 0.409. The van der Waals surface area contributed by atoms with Gasteiger partial charge < -0.3 is 4.74 Å². The predicted octanol–water partition coefficient (Wildman–Crippen LogP) is 4.10. The summed E-state index contributed by atoms with van der Waals surface area (Å²) in [4.78, 5) is 4.84. The second-order valence-corrected chi connectivity index (χ2v) is 7.78. The zero-order valence-electron chi connectivity index (χ0n) is 15.6. The van der Waals surface area contributed by atoms with Crippen molar-refractivity contribution in [3.8, 4) is 11.8 Å². The SMILES string of the molecule is N#CCCN1CCN(Cc2cc(Br)ccc2OCCc2ccccc2)CC1. The molecular weight excluding hydrogens is 402 g/mol. The molecule has 1 heterocycles. The predicted molar refractivity (Wildman–Crippen MR) is 112 cm³/mol. The number of rotatable bonds is 8. The molecule has 4 nitrogen and oxygen atoms in total. The summed E-state index contributed by atoms with van der Waals surface area (Å²) in [7, 11) is 0. The van der Waals surface area contributed by atoms with Crippen molar-refractivity contribution in [2.45, 2.75) is 19.4 Å². The van der Waals surface area contributed by atoms with Crippen molar-refractivity contribution < 1.29 is 4.74 Å². The number of halogens is 1. The standard InChI is InChI=1S/C22H26BrN3O/c23-21-7-8-22(27-16-9-19-5-2-1-3-6-19)20(17-21)18-26-14-12-25(13-15-26)11-4-10-24/h1-3,5-8,17H,4,9,11-16,18H2. The molecule has 3 rings (SSSR count). The number of piperazine rings is 1. The summed E-state index contributed by atoms with van der Waals surface area (Å²) in [6.45, 7) is 6.57. The quantitative estimate of drug-likeness (QED) is 0.635. The van der Waals surface area contributed by atoms with Gasteiger partial charge in [-0.25, -0.2) is 0 Å². The van der Waals surface area contributed by atoms with Crippen LogP contribution >= 0.6 is 15.9 Å². The third-order valence-corrected chi connectivity index (χ3v) is 5.41. The van der Waals surface area contributed by atoms with Gasteiger partial charge in [-0.05, 0) is 23.8 Å². The molecule has 0 N–H and O–H groups in total.